The summed E-state index contributed by atoms with van der Waals surface area (Å²) in [4.78, 5) is 24.2. The fraction of sp³-hybridized carbons (Fsp3) is 0.318. The summed E-state index contributed by atoms with van der Waals surface area (Å²) in [6.07, 6.45) is 4.60. The van der Waals surface area contributed by atoms with Gasteiger partial charge in [-0.25, -0.2) is 0 Å². The lowest BCUT2D eigenvalue weighted by atomic mass is 9.87. The maximum absolute atomic E-state index is 13.3. The van der Waals surface area contributed by atoms with Gasteiger partial charge in [0, 0.05) is 17.9 Å². The molecule has 5 heteroatoms. The number of ketones is 1. The van der Waals surface area contributed by atoms with Gasteiger partial charge in [0.2, 0.25) is 0 Å². The van der Waals surface area contributed by atoms with Crippen LogP contribution in [0, 0.1) is 10.8 Å². The zero-order valence-corrected chi connectivity index (χ0v) is 15.9. The zero-order chi connectivity index (χ0) is 20.0. The Morgan fingerprint density at radius 1 is 1.41 bits per heavy atom. The highest BCUT2D eigenvalue weighted by Crippen LogP contribution is 2.35. The summed E-state index contributed by atoms with van der Waals surface area (Å²) in [7, 11) is 0. The van der Waals surface area contributed by atoms with Gasteiger partial charge in [-0.3, -0.25) is 4.79 Å². The smallest absolute Gasteiger partial charge is 0.196 e. The molecule has 0 radical (unpaired) electrons. The average Bonchev–Trinajstić information content (AvgIpc) is 2.66. The maximum Gasteiger partial charge on any atom is 0.196 e. The van der Waals surface area contributed by atoms with Crippen molar-refractivity contribution in [3.63, 3.8) is 0 Å². The summed E-state index contributed by atoms with van der Waals surface area (Å²) >= 11 is 0. The van der Waals surface area contributed by atoms with Crippen LogP contribution in [0.1, 0.15) is 38.3 Å². The Bertz CT molecular complexity index is 830. The standard InChI is InChI=1S/C22H25NO4/c1-5-7-18(23-26)10-11-19-15(4)27-22(14(2)3)20(21(19)25)17-9-6-8-16(12-17)13-24/h5-6,8-12,14-15,24H,1,7,13H2,2-4H3/b18-10+,19-11+. The Balaban J connectivity index is 2.57. The maximum atomic E-state index is 13.3. The van der Waals surface area contributed by atoms with Gasteiger partial charge in [-0.2, -0.15) is 0 Å². The first kappa shape index (κ1) is 20.5. The molecule has 1 atom stereocenters. The molecule has 0 fully saturated rings. The van der Waals surface area contributed by atoms with E-state index in [2.05, 4.69) is 11.8 Å². The summed E-state index contributed by atoms with van der Waals surface area (Å²) in [5.41, 5.74) is 2.66. The Hall–Kier alpha value is -2.79. The van der Waals surface area contributed by atoms with Gasteiger partial charge in [-0.1, -0.05) is 38.1 Å². The largest absolute Gasteiger partial charge is 0.489 e. The normalized spacial score (nSPS) is 19.4. The molecular formula is C22H25NO4. The number of ether oxygens (including phenoxy) is 1. The van der Waals surface area contributed by atoms with Gasteiger partial charge >= 0.3 is 0 Å². The van der Waals surface area contributed by atoms with E-state index in [4.69, 9.17) is 4.74 Å². The fourth-order valence-corrected chi connectivity index (χ4v) is 2.96. The van der Waals surface area contributed by atoms with Crippen LogP contribution < -0.4 is 0 Å². The lowest BCUT2D eigenvalue weighted by Crippen LogP contribution is -2.28. The van der Waals surface area contributed by atoms with Gasteiger partial charge < -0.3 is 9.84 Å². The van der Waals surface area contributed by atoms with Crippen LogP contribution in [0.25, 0.3) is 5.57 Å². The Morgan fingerprint density at radius 2 is 2.15 bits per heavy atom. The number of aliphatic hydroxyl groups excluding tert-OH is 1. The molecule has 27 heavy (non-hydrogen) atoms. The molecule has 5 nitrogen and oxygen atoms in total. The van der Waals surface area contributed by atoms with Gasteiger partial charge in [0.05, 0.1) is 17.9 Å². The van der Waals surface area contributed by atoms with Crippen molar-refractivity contribution < 1.29 is 14.6 Å². The number of rotatable bonds is 7. The monoisotopic (exact) mass is 367 g/mol. The van der Waals surface area contributed by atoms with Crippen molar-refractivity contribution in [1.29, 1.82) is 0 Å². The number of aliphatic hydroxyl groups is 1. The predicted molar refractivity (Wildman–Crippen MR) is 106 cm³/mol. The number of nitroso groups, excluding NO2 is 1. The van der Waals surface area contributed by atoms with Crippen LogP contribution >= 0.6 is 0 Å². The van der Waals surface area contributed by atoms with Crippen LogP contribution in [0.3, 0.4) is 0 Å². The van der Waals surface area contributed by atoms with Crippen molar-refractivity contribution in [1.82, 2.24) is 0 Å². The number of allylic oxidation sites excluding steroid dienone is 5. The molecular weight excluding hydrogens is 342 g/mol. The lowest BCUT2D eigenvalue weighted by Gasteiger charge is -2.30. The molecule has 0 amide bonds. The molecule has 1 N–H and O–H groups in total. The van der Waals surface area contributed by atoms with Gasteiger partial charge in [0.25, 0.3) is 0 Å². The SMILES string of the molecule is C=CC/C(=C\C=C1\C(=O)C(c2cccc(CO)c2)=C(C(C)C)OC1C)N=O. The predicted octanol–water partition coefficient (Wildman–Crippen LogP) is 4.69. The van der Waals surface area contributed by atoms with Crippen molar-refractivity contribution in [2.45, 2.75) is 39.9 Å². The number of nitrogens with zero attached hydrogens (tertiary/aromatic N) is 1. The van der Waals surface area contributed by atoms with E-state index in [0.29, 0.717) is 34.6 Å². The van der Waals surface area contributed by atoms with E-state index < -0.39 is 6.10 Å². The summed E-state index contributed by atoms with van der Waals surface area (Å²) in [6, 6.07) is 7.22. The Labute approximate surface area is 159 Å². The topological polar surface area (TPSA) is 76.0 Å². The van der Waals surface area contributed by atoms with Crippen LogP contribution in [0.15, 0.2) is 71.3 Å². The van der Waals surface area contributed by atoms with Crippen molar-refractivity contribution in [3.8, 4) is 0 Å². The minimum atomic E-state index is -0.437. The third-order valence-corrected chi connectivity index (χ3v) is 4.33. The van der Waals surface area contributed by atoms with E-state index in [9.17, 15) is 14.8 Å². The molecule has 0 aromatic heterocycles. The number of hydrogen-bond acceptors (Lipinski definition) is 5. The summed E-state index contributed by atoms with van der Waals surface area (Å²) in [5.74, 6) is 0.505. The summed E-state index contributed by atoms with van der Waals surface area (Å²) < 4.78 is 6.07. The minimum absolute atomic E-state index is 0.0224. The highest BCUT2D eigenvalue weighted by molar-refractivity contribution is 6.30. The summed E-state index contributed by atoms with van der Waals surface area (Å²) in [6.45, 7) is 9.23. The van der Waals surface area contributed by atoms with Crippen LogP contribution in [0.2, 0.25) is 0 Å². The molecule has 1 aliphatic heterocycles. The first-order valence-corrected chi connectivity index (χ1v) is 8.93. The first-order chi connectivity index (χ1) is 12.9. The van der Waals surface area contributed by atoms with Crippen molar-refractivity contribution >= 4 is 11.4 Å². The first-order valence-electron chi connectivity index (χ1n) is 8.93. The number of hydrogen-bond donors (Lipinski definition) is 1. The van der Waals surface area contributed by atoms with E-state index in [0.717, 1.165) is 5.56 Å². The molecule has 1 aromatic rings. The Kier molecular flexibility index (Phi) is 7.02. The molecule has 0 saturated heterocycles. The van der Waals surface area contributed by atoms with Crippen molar-refractivity contribution in [2.75, 3.05) is 0 Å². The van der Waals surface area contributed by atoms with E-state index in [-0.39, 0.29) is 18.3 Å². The average molecular weight is 367 g/mol. The molecule has 2 rings (SSSR count). The highest BCUT2D eigenvalue weighted by atomic mass is 16.5. The second kappa shape index (κ2) is 9.24. The van der Waals surface area contributed by atoms with Gasteiger partial charge in [0.1, 0.15) is 11.9 Å². The molecule has 0 aliphatic carbocycles. The minimum Gasteiger partial charge on any atom is -0.489 e. The lowest BCUT2D eigenvalue weighted by molar-refractivity contribution is -0.112. The van der Waals surface area contributed by atoms with Crippen molar-refractivity contribution in [3.05, 3.63) is 82.1 Å². The fourth-order valence-electron chi connectivity index (χ4n) is 2.96. The third-order valence-electron chi connectivity index (χ3n) is 4.33. The van der Waals surface area contributed by atoms with Crippen LogP contribution in [0.5, 0.6) is 0 Å². The molecule has 0 saturated carbocycles. The molecule has 1 unspecified atom stereocenters. The van der Waals surface area contributed by atoms with Gasteiger partial charge in [-0.15, -0.1) is 11.5 Å². The van der Waals surface area contributed by atoms with E-state index in [1.807, 2.05) is 26.8 Å². The number of benzene rings is 1. The van der Waals surface area contributed by atoms with E-state index in [1.54, 1.807) is 30.4 Å². The molecule has 1 aromatic carbocycles. The van der Waals surface area contributed by atoms with Gasteiger partial charge in [0.15, 0.2) is 5.78 Å². The van der Waals surface area contributed by atoms with E-state index >= 15 is 0 Å². The quantitative estimate of drug-likeness (QED) is 0.431. The van der Waals surface area contributed by atoms with Gasteiger partial charge in [-0.05, 0) is 41.4 Å². The molecule has 142 valence electrons. The van der Waals surface area contributed by atoms with Crippen LogP contribution in [-0.2, 0) is 16.1 Å². The number of carbonyl (C=O) groups excluding carboxylic acids is 1. The second-order valence-corrected chi connectivity index (χ2v) is 6.71. The van der Waals surface area contributed by atoms with Crippen LogP contribution in [-0.4, -0.2) is 17.0 Å². The zero-order valence-electron chi connectivity index (χ0n) is 15.9. The van der Waals surface area contributed by atoms with E-state index in [1.165, 1.54) is 6.08 Å². The van der Waals surface area contributed by atoms with Crippen molar-refractivity contribution in [2.24, 2.45) is 11.1 Å². The molecule has 1 aliphatic rings. The number of carbonyl (C=O) groups is 1. The third kappa shape index (κ3) is 4.68. The molecule has 1 heterocycles. The second-order valence-electron chi connectivity index (χ2n) is 6.71. The highest BCUT2D eigenvalue weighted by Gasteiger charge is 2.33. The Morgan fingerprint density at radius 3 is 2.74 bits per heavy atom. The molecule has 0 spiro atoms. The number of Topliss-reactive ketones (excluding diaryl/α,β-unsaturated/α-hetero) is 1. The van der Waals surface area contributed by atoms with Crippen LogP contribution in [0.4, 0.5) is 0 Å². The molecule has 0 bridgehead atoms. The summed E-state index contributed by atoms with van der Waals surface area (Å²) in [5, 5.41) is 12.4.